The Morgan fingerprint density at radius 3 is 2.51 bits per heavy atom. The molecule has 0 spiro atoms. The molecule has 216 valence electrons. The molecule has 1 aromatic rings. The zero-order valence-corrected chi connectivity index (χ0v) is 23.5. The van der Waals surface area contributed by atoms with E-state index in [0.717, 1.165) is 56.9 Å². The summed E-state index contributed by atoms with van der Waals surface area (Å²) in [6, 6.07) is 3.38. The van der Waals surface area contributed by atoms with Crippen LogP contribution in [0.1, 0.15) is 83.6 Å². The van der Waals surface area contributed by atoms with E-state index in [1.807, 2.05) is 13.0 Å². The average molecular weight is 545 g/mol. The molecule has 5 aliphatic rings. The summed E-state index contributed by atoms with van der Waals surface area (Å²) in [5, 5.41) is 33.6. The van der Waals surface area contributed by atoms with Crippen molar-refractivity contribution in [3.63, 3.8) is 0 Å². The van der Waals surface area contributed by atoms with Gasteiger partial charge in [0.25, 0.3) is 0 Å². The summed E-state index contributed by atoms with van der Waals surface area (Å²) in [6.07, 6.45) is 6.78. The molecule has 0 aromatic carbocycles. The van der Waals surface area contributed by atoms with Crippen LogP contribution in [0.15, 0.2) is 39.3 Å². The molecule has 6 rings (SSSR count). The molecule has 8 nitrogen and oxygen atoms in total. The van der Waals surface area contributed by atoms with Gasteiger partial charge in [-0.2, -0.15) is 0 Å². The third-order valence-electron chi connectivity index (χ3n) is 11.7. The first-order valence-electron chi connectivity index (χ1n) is 14.7. The minimum atomic E-state index is -1.17. The zero-order chi connectivity index (χ0) is 27.7. The standard InChI is InChI=1S/C31H44O8/c1-17-27(36-4)25(33)26(34)28(38-17)39-20-9-12-29(2)19(15-20)6-7-23-22(29)10-13-30(3)21(11-14-31(23,30)35)18-5-8-24(32)37-16-18/h5,8,15-17,20-23,25-28,33-35H,6-7,9-14H2,1-4H3/t17?,20-,21+,22?,23?,25?,26?,27-,28+,29-,30+,31-/m0/s1. The van der Waals surface area contributed by atoms with Gasteiger partial charge in [-0.3, -0.25) is 0 Å². The lowest BCUT2D eigenvalue weighted by atomic mass is 9.45. The van der Waals surface area contributed by atoms with E-state index in [2.05, 4.69) is 19.9 Å². The zero-order valence-electron chi connectivity index (χ0n) is 23.5. The molecule has 4 aliphatic carbocycles. The Kier molecular flexibility index (Phi) is 6.92. The summed E-state index contributed by atoms with van der Waals surface area (Å²) >= 11 is 0. The van der Waals surface area contributed by atoms with Gasteiger partial charge in [-0.25, -0.2) is 4.79 Å². The maximum atomic E-state index is 12.4. The normalized spacial score (nSPS) is 49.5. The summed E-state index contributed by atoms with van der Waals surface area (Å²) in [5.74, 6) is 0.797. The van der Waals surface area contributed by atoms with Crippen LogP contribution in [-0.2, 0) is 14.2 Å². The Bertz CT molecular complexity index is 1140. The van der Waals surface area contributed by atoms with Crippen LogP contribution in [0, 0.1) is 22.7 Å². The SMILES string of the molecule is CO[C@H]1C(C)O[C@H](O[C@@H]2C=C3CCC4C(CC[C@]5(C)[C@@H](c6ccc(=O)oc6)CC[C@]45O)[C@@]3(C)CC2)C(O)C1O. The van der Waals surface area contributed by atoms with Crippen molar-refractivity contribution in [3.05, 3.63) is 46.0 Å². The highest BCUT2D eigenvalue weighted by Crippen LogP contribution is 2.70. The molecule has 2 heterocycles. The summed E-state index contributed by atoms with van der Waals surface area (Å²) in [6.45, 7) is 6.45. The van der Waals surface area contributed by atoms with Crippen LogP contribution in [-0.4, -0.2) is 64.8 Å². The van der Waals surface area contributed by atoms with E-state index in [0.29, 0.717) is 5.92 Å². The fourth-order valence-electron chi connectivity index (χ4n) is 9.49. The number of allylic oxidation sites excluding steroid dienone is 1. The van der Waals surface area contributed by atoms with Crippen LogP contribution in [0.5, 0.6) is 0 Å². The molecular formula is C31H44O8. The van der Waals surface area contributed by atoms with Gasteiger partial charge in [-0.1, -0.05) is 25.5 Å². The monoisotopic (exact) mass is 544 g/mol. The number of aliphatic hydroxyl groups excluding tert-OH is 2. The van der Waals surface area contributed by atoms with E-state index >= 15 is 0 Å². The Balaban J connectivity index is 1.20. The Hall–Kier alpha value is -1.55. The van der Waals surface area contributed by atoms with Gasteiger partial charge in [0, 0.05) is 18.6 Å². The van der Waals surface area contributed by atoms with Crippen molar-refractivity contribution < 1.29 is 33.9 Å². The smallest absolute Gasteiger partial charge is 0.335 e. The van der Waals surface area contributed by atoms with E-state index in [1.165, 1.54) is 18.7 Å². The lowest BCUT2D eigenvalue weighted by Crippen LogP contribution is -2.60. The fourth-order valence-corrected chi connectivity index (χ4v) is 9.49. The molecule has 0 radical (unpaired) electrons. The average Bonchev–Trinajstić information content (AvgIpc) is 3.19. The van der Waals surface area contributed by atoms with Gasteiger partial charge in [0.2, 0.25) is 0 Å². The molecule has 0 bridgehead atoms. The summed E-state index contributed by atoms with van der Waals surface area (Å²) in [7, 11) is 1.50. The van der Waals surface area contributed by atoms with Crippen molar-refractivity contribution in [1.82, 2.24) is 0 Å². The van der Waals surface area contributed by atoms with E-state index < -0.39 is 36.3 Å². The first kappa shape index (κ1) is 27.6. The minimum Gasteiger partial charge on any atom is -0.431 e. The summed E-state index contributed by atoms with van der Waals surface area (Å²) in [4.78, 5) is 11.6. The molecule has 0 amide bonds. The van der Waals surface area contributed by atoms with Crippen LogP contribution in [0.2, 0.25) is 0 Å². The predicted molar refractivity (Wildman–Crippen MR) is 143 cm³/mol. The highest BCUT2D eigenvalue weighted by Gasteiger charge is 2.66. The van der Waals surface area contributed by atoms with Crippen molar-refractivity contribution in [1.29, 1.82) is 0 Å². The molecule has 39 heavy (non-hydrogen) atoms. The number of hydrogen-bond donors (Lipinski definition) is 3. The number of methoxy groups -OCH3 is 1. The van der Waals surface area contributed by atoms with Crippen LogP contribution in [0.4, 0.5) is 0 Å². The van der Waals surface area contributed by atoms with Crippen molar-refractivity contribution in [2.75, 3.05) is 7.11 Å². The number of fused-ring (bicyclic) bond motifs is 5. The Morgan fingerprint density at radius 1 is 1.00 bits per heavy atom. The molecule has 1 aromatic heterocycles. The van der Waals surface area contributed by atoms with E-state index in [4.69, 9.17) is 18.6 Å². The van der Waals surface area contributed by atoms with Gasteiger partial charge in [-0.05, 0) is 93.1 Å². The number of ether oxygens (including phenoxy) is 3. The quantitative estimate of drug-likeness (QED) is 0.492. The van der Waals surface area contributed by atoms with E-state index in [1.54, 1.807) is 6.26 Å². The van der Waals surface area contributed by atoms with Gasteiger partial charge in [0.15, 0.2) is 6.29 Å². The van der Waals surface area contributed by atoms with Crippen LogP contribution >= 0.6 is 0 Å². The fraction of sp³-hybridized carbons (Fsp3) is 0.774. The highest BCUT2D eigenvalue weighted by molar-refractivity contribution is 5.31. The van der Waals surface area contributed by atoms with Crippen molar-refractivity contribution >= 4 is 0 Å². The second-order valence-corrected chi connectivity index (χ2v) is 13.3. The lowest BCUT2D eigenvalue weighted by Gasteiger charge is -2.62. The van der Waals surface area contributed by atoms with Gasteiger partial charge < -0.3 is 33.9 Å². The minimum absolute atomic E-state index is 0.00253. The first-order chi connectivity index (χ1) is 18.5. The first-order valence-corrected chi connectivity index (χ1v) is 14.7. The highest BCUT2D eigenvalue weighted by atomic mass is 16.7. The number of rotatable bonds is 4. The third kappa shape index (κ3) is 4.12. The predicted octanol–water partition coefficient (Wildman–Crippen LogP) is 3.67. The maximum Gasteiger partial charge on any atom is 0.335 e. The van der Waals surface area contributed by atoms with Crippen molar-refractivity contribution in [2.45, 2.75) is 120 Å². The van der Waals surface area contributed by atoms with Gasteiger partial charge in [0.05, 0.1) is 24.1 Å². The van der Waals surface area contributed by atoms with Crippen molar-refractivity contribution in [2.24, 2.45) is 22.7 Å². The largest absolute Gasteiger partial charge is 0.431 e. The van der Waals surface area contributed by atoms with Gasteiger partial charge >= 0.3 is 5.63 Å². The Morgan fingerprint density at radius 2 is 1.79 bits per heavy atom. The molecule has 3 N–H and O–H groups in total. The maximum absolute atomic E-state index is 12.4. The summed E-state index contributed by atoms with van der Waals surface area (Å²) in [5.41, 5.74) is 1.07. The molecule has 12 atom stereocenters. The van der Waals surface area contributed by atoms with E-state index in [-0.39, 0.29) is 34.4 Å². The topological polar surface area (TPSA) is 119 Å². The summed E-state index contributed by atoms with van der Waals surface area (Å²) < 4.78 is 22.7. The van der Waals surface area contributed by atoms with Crippen LogP contribution < -0.4 is 5.63 Å². The van der Waals surface area contributed by atoms with Gasteiger partial charge in [0.1, 0.15) is 18.3 Å². The van der Waals surface area contributed by atoms with Crippen LogP contribution in [0.3, 0.4) is 0 Å². The second kappa shape index (κ2) is 9.78. The lowest BCUT2D eigenvalue weighted by molar-refractivity contribution is -0.304. The molecule has 5 unspecified atom stereocenters. The molecular weight excluding hydrogens is 500 g/mol. The molecule has 1 saturated heterocycles. The molecule has 8 heteroatoms. The number of hydrogen-bond acceptors (Lipinski definition) is 8. The molecule has 3 saturated carbocycles. The van der Waals surface area contributed by atoms with Gasteiger partial charge in [-0.15, -0.1) is 0 Å². The number of aliphatic hydroxyl groups is 3. The molecule has 4 fully saturated rings. The second-order valence-electron chi connectivity index (χ2n) is 13.3. The third-order valence-corrected chi connectivity index (χ3v) is 11.7. The van der Waals surface area contributed by atoms with Crippen LogP contribution in [0.25, 0.3) is 0 Å². The van der Waals surface area contributed by atoms with E-state index in [9.17, 15) is 20.1 Å². The molecule has 1 aliphatic heterocycles. The van der Waals surface area contributed by atoms with Crippen molar-refractivity contribution in [3.8, 4) is 0 Å². The Labute approximate surface area is 230 Å².